The Balaban J connectivity index is 2.01. The van der Waals surface area contributed by atoms with Crippen molar-refractivity contribution < 1.29 is 4.74 Å². The van der Waals surface area contributed by atoms with Crippen molar-refractivity contribution in [3.63, 3.8) is 0 Å². The molecule has 0 saturated carbocycles. The second-order valence-electron chi connectivity index (χ2n) is 4.21. The Hall–Kier alpha value is -2.03. The fraction of sp³-hybridized carbons (Fsp3) is 0.214. The lowest BCUT2D eigenvalue weighted by Crippen LogP contribution is -2.18. The number of nitrogens with one attached hydrogen (secondary N) is 1. The van der Waals surface area contributed by atoms with Gasteiger partial charge in [0.1, 0.15) is 6.61 Å². The van der Waals surface area contributed by atoms with Crippen LogP contribution in [0, 0.1) is 6.92 Å². The van der Waals surface area contributed by atoms with Gasteiger partial charge in [-0.15, -0.1) is 0 Å². The molecule has 0 radical (unpaired) electrons. The summed E-state index contributed by atoms with van der Waals surface area (Å²) in [4.78, 5) is 4.38. The largest absolute Gasteiger partial charge is 0.488 e. The van der Waals surface area contributed by atoms with Crippen molar-refractivity contribution in [2.24, 2.45) is 0 Å². The number of aromatic nitrogens is 1. The van der Waals surface area contributed by atoms with E-state index in [0.717, 1.165) is 23.7 Å². The molecule has 2 aromatic rings. The number of pyridine rings is 1. The highest BCUT2D eigenvalue weighted by atomic mass is 16.5. The van der Waals surface area contributed by atoms with E-state index in [-0.39, 0.29) is 0 Å². The van der Waals surface area contributed by atoms with Crippen LogP contribution in [0.3, 0.4) is 0 Å². The Morgan fingerprint density at radius 2 is 2.00 bits per heavy atom. The van der Waals surface area contributed by atoms with Crippen molar-refractivity contribution in [3.05, 3.63) is 42.1 Å². The van der Waals surface area contributed by atoms with Crippen LogP contribution in [0.15, 0.2) is 36.5 Å². The van der Waals surface area contributed by atoms with Crippen molar-refractivity contribution >= 4 is 5.82 Å². The lowest BCUT2D eigenvalue weighted by molar-refractivity contribution is 0.321. The molecule has 0 aliphatic carbocycles. The van der Waals surface area contributed by atoms with E-state index in [1.54, 1.807) is 0 Å². The highest BCUT2D eigenvalue weighted by molar-refractivity contribution is 5.68. The minimum absolute atomic E-state index is 0.700. The lowest BCUT2D eigenvalue weighted by atomic mass is 10.1. The van der Waals surface area contributed by atoms with E-state index in [2.05, 4.69) is 41.5 Å². The van der Waals surface area contributed by atoms with Crippen LogP contribution in [0.25, 0.3) is 11.1 Å². The van der Waals surface area contributed by atoms with Crippen LogP contribution in [0.2, 0.25) is 0 Å². The predicted molar refractivity (Wildman–Crippen MR) is 68.4 cm³/mol. The first-order valence-electron chi connectivity index (χ1n) is 5.77. The van der Waals surface area contributed by atoms with Gasteiger partial charge in [0.25, 0.3) is 0 Å². The molecule has 0 spiro atoms. The summed E-state index contributed by atoms with van der Waals surface area (Å²) >= 11 is 0. The highest BCUT2D eigenvalue weighted by Gasteiger charge is 2.11. The average molecular weight is 226 g/mol. The SMILES string of the molecule is Cc1ccc(-c2cnc3c(c2)OCCN3)cc1. The minimum Gasteiger partial charge on any atom is -0.488 e. The number of benzene rings is 1. The van der Waals surface area contributed by atoms with Crippen LogP contribution in [-0.4, -0.2) is 18.1 Å². The standard InChI is InChI=1S/C14H14N2O/c1-10-2-4-11(5-3-10)12-8-13-14(16-9-12)15-6-7-17-13/h2-5,8-9H,6-7H2,1H3,(H,15,16). The van der Waals surface area contributed by atoms with Crippen molar-refractivity contribution in [2.45, 2.75) is 6.92 Å². The molecule has 0 amide bonds. The third-order valence-corrected chi connectivity index (χ3v) is 2.89. The van der Waals surface area contributed by atoms with Gasteiger partial charge < -0.3 is 10.1 Å². The quantitative estimate of drug-likeness (QED) is 0.811. The molecular formula is C14H14N2O. The summed E-state index contributed by atoms with van der Waals surface area (Å²) in [6.45, 7) is 3.61. The van der Waals surface area contributed by atoms with Gasteiger partial charge in [0.05, 0.1) is 6.54 Å². The fourth-order valence-corrected chi connectivity index (χ4v) is 1.92. The zero-order valence-corrected chi connectivity index (χ0v) is 9.73. The number of hydrogen-bond donors (Lipinski definition) is 1. The third-order valence-electron chi connectivity index (χ3n) is 2.89. The van der Waals surface area contributed by atoms with Crippen LogP contribution < -0.4 is 10.1 Å². The Morgan fingerprint density at radius 1 is 1.18 bits per heavy atom. The Morgan fingerprint density at radius 3 is 2.82 bits per heavy atom. The van der Waals surface area contributed by atoms with Gasteiger partial charge in [0, 0.05) is 11.8 Å². The number of hydrogen-bond acceptors (Lipinski definition) is 3. The molecule has 1 aromatic heterocycles. The number of fused-ring (bicyclic) bond motifs is 1. The summed E-state index contributed by atoms with van der Waals surface area (Å²) in [5, 5.41) is 3.21. The molecule has 2 heterocycles. The van der Waals surface area contributed by atoms with Crippen molar-refractivity contribution in [3.8, 4) is 16.9 Å². The summed E-state index contributed by atoms with van der Waals surface area (Å²) in [6.07, 6.45) is 1.88. The normalized spacial score (nSPS) is 13.5. The fourth-order valence-electron chi connectivity index (χ4n) is 1.92. The molecule has 3 rings (SSSR count). The van der Waals surface area contributed by atoms with Crippen LogP contribution in [-0.2, 0) is 0 Å². The molecule has 1 aromatic carbocycles. The van der Waals surface area contributed by atoms with Crippen LogP contribution >= 0.6 is 0 Å². The number of nitrogens with zero attached hydrogens (tertiary/aromatic N) is 1. The van der Waals surface area contributed by atoms with Crippen molar-refractivity contribution in [2.75, 3.05) is 18.5 Å². The summed E-state index contributed by atoms with van der Waals surface area (Å²) in [6, 6.07) is 10.5. The topological polar surface area (TPSA) is 34.1 Å². The molecule has 1 aliphatic heterocycles. The molecule has 3 heteroatoms. The van der Waals surface area contributed by atoms with E-state index in [0.29, 0.717) is 6.61 Å². The third kappa shape index (κ3) is 1.96. The van der Waals surface area contributed by atoms with E-state index in [4.69, 9.17) is 4.74 Å². The summed E-state index contributed by atoms with van der Waals surface area (Å²) in [5.41, 5.74) is 3.52. The van der Waals surface area contributed by atoms with Gasteiger partial charge in [0.2, 0.25) is 0 Å². The number of aryl methyl sites for hydroxylation is 1. The van der Waals surface area contributed by atoms with Crippen molar-refractivity contribution in [1.82, 2.24) is 4.98 Å². The molecule has 86 valence electrons. The molecule has 0 fully saturated rings. The highest BCUT2D eigenvalue weighted by Crippen LogP contribution is 2.30. The number of rotatable bonds is 1. The summed E-state index contributed by atoms with van der Waals surface area (Å²) in [7, 11) is 0. The molecule has 0 saturated heterocycles. The maximum atomic E-state index is 5.58. The molecule has 3 nitrogen and oxygen atoms in total. The maximum Gasteiger partial charge on any atom is 0.168 e. The molecule has 17 heavy (non-hydrogen) atoms. The van der Waals surface area contributed by atoms with Crippen molar-refractivity contribution in [1.29, 1.82) is 0 Å². The summed E-state index contributed by atoms with van der Waals surface area (Å²) in [5.74, 6) is 1.68. The van der Waals surface area contributed by atoms with E-state index < -0.39 is 0 Å². The van der Waals surface area contributed by atoms with E-state index >= 15 is 0 Å². The molecule has 1 aliphatic rings. The molecule has 0 unspecified atom stereocenters. The number of anilines is 1. The maximum absolute atomic E-state index is 5.58. The minimum atomic E-state index is 0.700. The van der Waals surface area contributed by atoms with E-state index in [9.17, 15) is 0 Å². The first kappa shape index (κ1) is 10.1. The Bertz CT molecular complexity index is 534. The monoisotopic (exact) mass is 226 g/mol. The summed E-state index contributed by atoms with van der Waals surface area (Å²) < 4.78 is 5.58. The second-order valence-corrected chi connectivity index (χ2v) is 4.21. The van der Waals surface area contributed by atoms with Crippen LogP contribution in [0.4, 0.5) is 5.82 Å². The van der Waals surface area contributed by atoms with Gasteiger partial charge >= 0.3 is 0 Å². The Kier molecular flexibility index (Phi) is 2.44. The number of ether oxygens (including phenoxy) is 1. The van der Waals surface area contributed by atoms with Gasteiger partial charge in [-0.2, -0.15) is 0 Å². The van der Waals surface area contributed by atoms with Gasteiger partial charge in [-0.3, -0.25) is 0 Å². The van der Waals surface area contributed by atoms with Gasteiger partial charge in [0.15, 0.2) is 11.6 Å². The van der Waals surface area contributed by atoms with Gasteiger partial charge in [-0.05, 0) is 18.6 Å². The van der Waals surface area contributed by atoms with E-state index in [1.165, 1.54) is 11.1 Å². The first-order valence-corrected chi connectivity index (χ1v) is 5.77. The average Bonchev–Trinajstić information content (AvgIpc) is 2.39. The Labute approximate surface area is 100 Å². The van der Waals surface area contributed by atoms with E-state index in [1.807, 2.05) is 12.3 Å². The zero-order chi connectivity index (χ0) is 11.7. The molecule has 1 N–H and O–H groups in total. The second kappa shape index (κ2) is 4.09. The predicted octanol–water partition coefficient (Wildman–Crippen LogP) is 2.86. The molecular weight excluding hydrogens is 212 g/mol. The smallest absolute Gasteiger partial charge is 0.168 e. The first-order chi connectivity index (χ1) is 8.33. The lowest BCUT2D eigenvalue weighted by Gasteiger charge is -2.18. The molecule has 0 atom stereocenters. The zero-order valence-electron chi connectivity index (χ0n) is 9.73. The van der Waals surface area contributed by atoms with Gasteiger partial charge in [-0.1, -0.05) is 29.8 Å². The molecule has 0 bridgehead atoms. The van der Waals surface area contributed by atoms with Crippen LogP contribution in [0.5, 0.6) is 5.75 Å². The van der Waals surface area contributed by atoms with Crippen LogP contribution in [0.1, 0.15) is 5.56 Å². The van der Waals surface area contributed by atoms with Gasteiger partial charge in [-0.25, -0.2) is 4.98 Å².